The van der Waals surface area contributed by atoms with Gasteiger partial charge in [0.25, 0.3) is 0 Å². The number of phenolic OH excluding ortho intramolecular Hbond substituents is 2. The van der Waals surface area contributed by atoms with Crippen molar-refractivity contribution < 1.29 is 19.7 Å². The van der Waals surface area contributed by atoms with Crippen LogP contribution in [0.25, 0.3) is 11.4 Å². The molecule has 10 heteroatoms. The molecule has 0 spiro atoms. The second kappa shape index (κ2) is 9.06. The Hall–Kier alpha value is -3.92. The number of aromatic hydroxyl groups is 3. The highest BCUT2D eigenvalue weighted by Gasteiger charge is 2.16. The molecule has 0 bridgehead atoms. The number of thioether (sulfide) groups is 1. The van der Waals surface area contributed by atoms with Gasteiger partial charge in [-0.3, -0.25) is 4.79 Å². The second-order valence-corrected chi connectivity index (χ2v) is 7.99. The molecule has 0 saturated carbocycles. The Morgan fingerprint density at radius 2 is 1.91 bits per heavy atom. The molecule has 0 unspecified atom stereocenters. The van der Waals surface area contributed by atoms with E-state index in [1.54, 1.807) is 10.7 Å². The van der Waals surface area contributed by atoms with Crippen LogP contribution in [0, 0.1) is 6.92 Å². The number of aryl methyl sites for hydroxylation is 1. The molecule has 2 aromatic carbocycles. The average molecular weight is 452 g/mol. The molecular weight excluding hydrogens is 432 g/mol. The highest BCUT2D eigenvalue weighted by molar-refractivity contribution is 7.98. The SMILES string of the molecule is Cc1cccc(-c2nnc(SCc3cc(=O)c(O)co3)n2NCc2ccc(O)cc2O)c1. The van der Waals surface area contributed by atoms with Crippen molar-refractivity contribution in [3.8, 4) is 28.6 Å². The molecule has 164 valence electrons. The summed E-state index contributed by atoms with van der Waals surface area (Å²) in [5.41, 5.74) is 5.18. The van der Waals surface area contributed by atoms with E-state index in [1.165, 1.54) is 30.0 Å². The molecule has 0 amide bonds. The summed E-state index contributed by atoms with van der Waals surface area (Å²) in [6.07, 6.45) is 1.01. The Labute approximate surface area is 187 Å². The van der Waals surface area contributed by atoms with Crippen molar-refractivity contribution in [3.05, 3.63) is 81.9 Å². The van der Waals surface area contributed by atoms with Gasteiger partial charge in [-0.15, -0.1) is 10.2 Å². The molecule has 0 fully saturated rings. The summed E-state index contributed by atoms with van der Waals surface area (Å²) in [6.45, 7) is 2.22. The van der Waals surface area contributed by atoms with Gasteiger partial charge in [-0.2, -0.15) is 0 Å². The third-order valence-corrected chi connectivity index (χ3v) is 5.57. The van der Waals surface area contributed by atoms with Gasteiger partial charge in [0, 0.05) is 23.3 Å². The maximum absolute atomic E-state index is 11.6. The van der Waals surface area contributed by atoms with E-state index in [0.29, 0.717) is 22.3 Å². The first kappa shape index (κ1) is 21.3. The van der Waals surface area contributed by atoms with Crippen molar-refractivity contribution in [3.63, 3.8) is 0 Å². The molecule has 4 aromatic rings. The standard InChI is InChI=1S/C22H20N4O5S/c1-13-3-2-4-14(7-13)21-24-25-22(32-12-17-9-19(29)20(30)11-31-17)26(21)23-10-15-5-6-16(27)8-18(15)28/h2-9,11,23,27-28,30H,10,12H2,1H3. The number of hydrogen-bond donors (Lipinski definition) is 4. The van der Waals surface area contributed by atoms with Crippen molar-refractivity contribution in [1.82, 2.24) is 14.9 Å². The van der Waals surface area contributed by atoms with Crippen LogP contribution in [0.1, 0.15) is 16.9 Å². The zero-order chi connectivity index (χ0) is 22.7. The molecule has 2 heterocycles. The fraction of sp³-hybridized carbons (Fsp3) is 0.136. The van der Waals surface area contributed by atoms with Crippen LogP contribution in [0.15, 0.2) is 69.2 Å². The molecule has 0 aliphatic heterocycles. The normalized spacial score (nSPS) is 10.9. The predicted octanol–water partition coefficient (Wildman–Crippen LogP) is 3.36. The Balaban J connectivity index is 1.63. The zero-order valence-corrected chi connectivity index (χ0v) is 17.8. The third-order valence-electron chi connectivity index (χ3n) is 4.62. The van der Waals surface area contributed by atoms with E-state index in [4.69, 9.17) is 4.42 Å². The van der Waals surface area contributed by atoms with Gasteiger partial charge in [-0.25, -0.2) is 4.68 Å². The quantitative estimate of drug-likeness (QED) is 0.311. The van der Waals surface area contributed by atoms with E-state index < -0.39 is 11.2 Å². The van der Waals surface area contributed by atoms with E-state index in [9.17, 15) is 20.1 Å². The van der Waals surface area contributed by atoms with Gasteiger partial charge in [0.1, 0.15) is 23.5 Å². The van der Waals surface area contributed by atoms with Crippen LogP contribution in [0.2, 0.25) is 0 Å². The summed E-state index contributed by atoms with van der Waals surface area (Å²) in [5, 5.41) is 38.1. The van der Waals surface area contributed by atoms with Crippen LogP contribution in [-0.4, -0.2) is 30.2 Å². The molecule has 0 aliphatic rings. The van der Waals surface area contributed by atoms with Crippen molar-refractivity contribution >= 4 is 11.8 Å². The van der Waals surface area contributed by atoms with Gasteiger partial charge in [0.2, 0.25) is 10.6 Å². The second-order valence-electron chi connectivity index (χ2n) is 7.04. The highest BCUT2D eigenvalue weighted by Crippen LogP contribution is 2.27. The van der Waals surface area contributed by atoms with Crippen LogP contribution in [-0.2, 0) is 12.3 Å². The van der Waals surface area contributed by atoms with Crippen molar-refractivity contribution in [2.45, 2.75) is 24.4 Å². The lowest BCUT2D eigenvalue weighted by atomic mass is 10.1. The Kier molecular flexibility index (Phi) is 6.04. The van der Waals surface area contributed by atoms with Gasteiger partial charge in [0.15, 0.2) is 11.6 Å². The summed E-state index contributed by atoms with van der Waals surface area (Å²) in [4.78, 5) is 11.6. The predicted molar refractivity (Wildman–Crippen MR) is 119 cm³/mol. The minimum Gasteiger partial charge on any atom is -0.508 e. The van der Waals surface area contributed by atoms with E-state index in [2.05, 4.69) is 15.6 Å². The van der Waals surface area contributed by atoms with Gasteiger partial charge >= 0.3 is 0 Å². The number of benzene rings is 2. The van der Waals surface area contributed by atoms with Gasteiger partial charge in [-0.1, -0.05) is 35.5 Å². The van der Waals surface area contributed by atoms with Crippen molar-refractivity contribution in [1.29, 1.82) is 0 Å². The highest BCUT2D eigenvalue weighted by atomic mass is 32.2. The number of aromatic nitrogens is 3. The molecule has 0 atom stereocenters. The Morgan fingerprint density at radius 1 is 1.06 bits per heavy atom. The van der Waals surface area contributed by atoms with Crippen LogP contribution in [0.3, 0.4) is 0 Å². The zero-order valence-electron chi connectivity index (χ0n) is 17.0. The van der Waals surface area contributed by atoms with Gasteiger partial charge < -0.3 is 25.2 Å². The largest absolute Gasteiger partial charge is 0.508 e. The number of nitrogens with zero attached hydrogens (tertiary/aromatic N) is 3. The van der Waals surface area contributed by atoms with E-state index in [0.717, 1.165) is 17.4 Å². The first-order valence-electron chi connectivity index (χ1n) is 9.61. The number of phenols is 2. The lowest BCUT2D eigenvalue weighted by Gasteiger charge is -2.14. The molecule has 32 heavy (non-hydrogen) atoms. The fourth-order valence-corrected chi connectivity index (χ4v) is 3.80. The topological polar surface area (TPSA) is 134 Å². The lowest BCUT2D eigenvalue weighted by molar-refractivity contribution is 0.419. The van der Waals surface area contributed by atoms with Gasteiger partial charge in [0.05, 0.1) is 12.3 Å². The van der Waals surface area contributed by atoms with Crippen LogP contribution < -0.4 is 10.9 Å². The van der Waals surface area contributed by atoms with Crippen LogP contribution in [0.4, 0.5) is 0 Å². The number of hydrogen-bond acceptors (Lipinski definition) is 9. The summed E-state index contributed by atoms with van der Waals surface area (Å²) in [5.74, 6) is 0.722. The number of rotatable bonds is 7. The first-order valence-corrected chi connectivity index (χ1v) is 10.6. The van der Waals surface area contributed by atoms with Crippen LogP contribution >= 0.6 is 11.8 Å². The lowest BCUT2D eigenvalue weighted by Crippen LogP contribution is -2.17. The van der Waals surface area contributed by atoms with E-state index in [1.807, 2.05) is 31.2 Å². The monoisotopic (exact) mass is 452 g/mol. The smallest absolute Gasteiger partial charge is 0.226 e. The molecule has 2 aromatic heterocycles. The summed E-state index contributed by atoms with van der Waals surface area (Å²) < 4.78 is 6.96. The Morgan fingerprint density at radius 3 is 2.66 bits per heavy atom. The summed E-state index contributed by atoms with van der Waals surface area (Å²) in [6, 6.07) is 13.4. The fourth-order valence-electron chi connectivity index (χ4n) is 3.00. The molecule has 9 nitrogen and oxygen atoms in total. The minimum atomic E-state index is -0.519. The maximum atomic E-state index is 11.6. The number of nitrogens with one attached hydrogen (secondary N) is 1. The Bertz CT molecular complexity index is 1320. The maximum Gasteiger partial charge on any atom is 0.226 e. The molecule has 0 saturated heterocycles. The summed E-state index contributed by atoms with van der Waals surface area (Å²) >= 11 is 1.29. The molecule has 0 radical (unpaired) electrons. The molecule has 4 rings (SSSR count). The van der Waals surface area contributed by atoms with Crippen molar-refractivity contribution in [2.24, 2.45) is 0 Å². The average Bonchev–Trinajstić information content (AvgIpc) is 3.17. The van der Waals surface area contributed by atoms with Crippen LogP contribution in [0.5, 0.6) is 17.2 Å². The van der Waals surface area contributed by atoms with Gasteiger partial charge in [-0.05, 0) is 25.1 Å². The third kappa shape index (κ3) is 4.70. The molecule has 0 aliphatic carbocycles. The first-order chi connectivity index (χ1) is 15.4. The summed E-state index contributed by atoms with van der Waals surface area (Å²) in [7, 11) is 0. The molecular formula is C22H20N4O5S. The molecule has 4 N–H and O–H groups in total. The van der Waals surface area contributed by atoms with Crippen molar-refractivity contribution in [2.75, 3.05) is 5.43 Å². The minimum absolute atomic E-state index is 0.0253. The van der Waals surface area contributed by atoms with E-state index in [-0.39, 0.29) is 23.8 Å². The van der Waals surface area contributed by atoms with E-state index >= 15 is 0 Å².